The van der Waals surface area contributed by atoms with Crippen LogP contribution >= 0.6 is 0 Å². The van der Waals surface area contributed by atoms with Crippen LogP contribution < -0.4 is 0 Å². The number of hydrogen-bond acceptors (Lipinski definition) is 8. The Morgan fingerprint density at radius 3 is 2.73 bits per heavy atom. The monoisotopic (exact) mass is 364 g/mol. The first-order valence-corrected chi connectivity index (χ1v) is 8.44. The van der Waals surface area contributed by atoms with Gasteiger partial charge in [0.05, 0.1) is 6.61 Å². The second-order valence-corrected chi connectivity index (χ2v) is 6.51. The van der Waals surface area contributed by atoms with Gasteiger partial charge in [-0.2, -0.15) is 0 Å². The van der Waals surface area contributed by atoms with E-state index in [1.165, 1.54) is 14.0 Å². The van der Waals surface area contributed by atoms with Gasteiger partial charge in [0, 0.05) is 19.6 Å². The van der Waals surface area contributed by atoms with Crippen LogP contribution in [0.4, 0.5) is 0 Å². The molecular formula is C18H20O8. The predicted molar refractivity (Wildman–Crippen MR) is 84.7 cm³/mol. The number of carbonyl (C=O) groups is 2. The molecule has 0 N–H and O–H groups in total. The molecule has 3 saturated heterocycles. The Morgan fingerprint density at radius 1 is 1.27 bits per heavy atom. The zero-order valence-electron chi connectivity index (χ0n) is 14.5. The summed E-state index contributed by atoms with van der Waals surface area (Å²) >= 11 is 0. The maximum Gasteiger partial charge on any atom is 0.312 e. The molecule has 0 amide bonds. The number of esters is 2. The van der Waals surface area contributed by atoms with Crippen LogP contribution in [-0.4, -0.2) is 55.9 Å². The van der Waals surface area contributed by atoms with Crippen LogP contribution in [0.25, 0.3) is 0 Å². The van der Waals surface area contributed by atoms with Crippen molar-refractivity contribution in [1.29, 1.82) is 0 Å². The summed E-state index contributed by atoms with van der Waals surface area (Å²) in [7, 11) is 1.43. The highest BCUT2D eigenvalue weighted by Crippen LogP contribution is 2.45. The van der Waals surface area contributed by atoms with Crippen molar-refractivity contribution in [3.63, 3.8) is 0 Å². The van der Waals surface area contributed by atoms with Gasteiger partial charge in [-0.05, 0) is 0 Å². The Kier molecular flexibility index (Phi) is 4.44. The van der Waals surface area contributed by atoms with E-state index >= 15 is 0 Å². The molecule has 0 radical (unpaired) electrons. The van der Waals surface area contributed by atoms with Gasteiger partial charge >= 0.3 is 11.9 Å². The fourth-order valence-corrected chi connectivity index (χ4v) is 3.71. The van der Waals surface area contributed by atoms with Crippen molar-refractivity contribution in [2.75, 3.05) is 13.7 Å². The van der Waals surface area contributed by atoms with E-state index in [1.807, 2.05) is 30.3 Å². The molecule has 140 valence electrons. The summed E-state index contributed by atoms with van der Waals surface area (Å²) < 4.78 is 34.2. The fraction of sp³-hybridized carbons (Fsp3) is 0.556. The van der Waals surface area contributed by atoms with Gasteiger partial charge in [0.2, 0.25) is 5.79 Å². The number of hydrogen-bond donors (Lipinski definition) is 0. The zero-order chi connectivity index (χ0) is 18.3. The quantitative estimate of drug-likeness (QED) is 0.737. The molecule has 3 aliphatic rings. The molecule has 0 aliphatic carbocycles. The summed E-state index contributed by atoms with van der Waals surface area (Å²) in [5.41, 5.74) is 0.833. The molecule has 3 fully saturated rings. The highest BCUT2D eigenvalue weighted by atomic mass is 16.8. The highest BCUT2D eigenvalue weighted by molar-refractivity contribution is 5.74. The molecule has 0 spiro atoms. The lowest BCUT2D eigenvalue weighted by molar-refractivity contribution is -0.384. The minimum Gasteiger partial charge on any atom is -0.455 e. The first-order valence-electron chi connectivity index (χ1n) is 8.44. The summed E-state index contributed by atoms with van der Waals surface area (Å²) in [6.07, 6.45) is -3.70. The van der Waals surface area contributed by atoms with Gasteiger partial charge in [-0.1, -0.05) is 30.3 Å². The molecule has 3 aliphatic heterocycles. The van der Waals surface area contributed by atoms with Crippen LogP contribution in [0.2, 0.25) is 0 Å². The van der Waals surface area contributed by atoms with Crippen molar-refractivity contribution >= 4 is 11.9 Å². The Balaban J connectivity index is 1.64. The largest absolute Gasteiger partial charge is 0.455 e. The molecule has 0 bridgehead atoms. The minimum absolute atomic E-state index is 0.0860. The number of rotatable bonds is 3. The number of fused-ring (bicyclic) bond motifs is 2. The van der Waals surface area contributed by atoms with Gasteiger partial charge in [0.15, 0.2) is 18.5 Å². The summed E-state index contributed by atoms with van der Waals surface area (Å²) in [5.74, 6) is -2.30. The van der Waals surface area contributed by atoms with E-state index in [0.29, 0.717) is 0 Å². The minimum atomic E-state index is -1.31. The SMILES string of the molecule is CO[C@]12CC(=O)OC1C(OC(C)=O)[C@@H]1OC(c3ccccc3)OCC1O2. The summed E-state index contributed by atoms with van der Waals surface area (Å²) in [6.45, 7) is 1.50. The zero-order valence-corrected chi connectivity index (χ0v) is 14.5. The average Bonchev–Trinajstić information content (AvgIpc) is 2.98. The van der Waals surface area contributed by atoms with E-state index in [9.17, 15) is 9.59 Å². The van der Waals surface area contributed by atoms with E-state index in [2.05, 4.69) is 0 Å². The van der Waals surface area contributed by atoms with Gasteiger partial charge in [0.25, 0.3) is 0 Å². The van der Waals surface area contributed by atoms with Gasteiger partial charge in [0.1, 0.15) is 18.6 Å². The molecule has 0 saturated carbocycles. The van der Waals surface area contributed by atoms with E-state index in [0.717, 1.165) is 5.56 Å². The summed E-state index contributed by atoms with van der Waals surface area (Å²) in [5, 5.41) is 0. The predicted octanol–water partition coefficient (Wildman–Crippen LogP) is 1.09. The van der Waals surface area contributed by atoms with E-state index in [1.54, 1.807) is 0 Å². The second kappa shape index (κ2) is 6.62. The first-order chi connectivity index (χ1) is 12.5. The van der Waals surface area contributed by atoms with Crippen molar-refractivity contribution in [2.45, 2.75) is 49.8 Å². The molecule has 4 rings (SSSR count). The number of carbonyl (C=O) groups excluding carboxylic acids is 2. The van der Waals surface area contributed by atoms with Gasteiger partial charge < -0.3 is 28.4 Å². The maximum atomic E-state index is 11.9. The third kappa shape index (κ3) is 2.88. The standard InChI is InChI=1S/C18H20O8/c1-10(19)23-15-14-12(26-18(21-2)8-13(20)24-16(15)18)9-22-17(25-14)11-6-4-3-5-7-11/h3-7,12,14-17H,8-9H2,1-2H3/t12?,14-,15?,16?,17?,18+/m1/s1. The maximum absolute atomic E-state index is 11.9. The van der Waals surface area contributed by atoms with Crippen LogP contribution in [0.5, 0.6) is 0 Å². The molecule has 26 heavy (non-hydrogen) atoms. The lowest BCUT2D eigenvalue weighted by Crippen LogP contribution is -2.67. The van der Waals surface area contributed by atoms with Crippen LogP contribution in [0.1, 0.15) is 25.2 Å². The lowest BCUT2D eigenvalue weighted by Gasteiger charge is -2.50. The Hall–Kier alpha value is -2.00. The Morgan fingerprint density at radius 2 is 2.04 bits per heavy atom. The van der Waals surface area contributed by atoms with Crippen molar-refractivity contribution < 1.29 is 38.0 Å². The molecule has 6 atom stereocenters. The summed E-state index contributed by atoms with van der Waals surface area (Å²) in [6, 6.07) is 9.41. The van der Waals surface area contributed by atoms with Crippen molar-refractivity contribution in [3.8, 4) is 0 Å². The number of methoxy groups -OCH3 is 1. The third-order valence-electron chi connectivity index (χ3n) is 4.83. The van der Waals surface area contributed by atoms with Crippen molar-refractivity contribution in [1.82, 2.24) is 0 Å². The van der Waals surface area contributed by atoms with E-state index in [4.69, 9.17) is 28.4 Å². The average molecular weight is 364 g/mol. The first kappa shape index (κ1) is 17.4. The fourth-order valence-electron chi connectivity index (χ4n) is 3.71. The molecule has 1 aromatic rings. The number of benzene rings is 1. The molecular weight excluding hydrogens is 344 g/mol. The molecule has 8 heteroatoms. The van der Waals surface area contributed by atoms with Crippen LogP contribution in [0, 0.1) is 0 Å². The van der Waals surface area contributed by atoms with Crippen LogP contribution in [-0.2, 0) is 38.0 Å². The topological polar surface area (TPSA) is 89.5 Å². The van der Waals surface area contributed by atoms with Crippen molar-refractivity contribution in [2.24, 2.45) is 0 Å². The smallest absolute Gasteiger partial charge is 0.312 e. The Bertz CT molecular complexity index is 692. The molecule has 4 unspecified atom stereocenters. The lowest BCUT2D eigenvalue weighted by atomic mass is 9.91. The van der Waals surface area contributed by atoms with Gasteiger partial charge in [-0.3, -0.25) is 9.59 Å². The van der Waals surface area contributed by atoms with E-state index in [-0.39, 0.29) is 13.0 Å². The van der Waals surface area contributed by atoms with Gasteiger partial charge in [-0.15, -0.1) is 0 Å². The highest BCUT2D eigenvalue weighted by Gasteiger charge is 2.65. The van der Waals surface area contributed by atoms with Crippen LogP contribution in [0.3, 0.4) is 0 Å². The molecule has 0 aromatic heterocycles. The Labute approximate surface area is 150 Å². The molecule has 8 nitrogen and oxygen atoms in total. The number of ether oxygens (including phenoxy) is 6. The van der Waals surface area contributed by atoms with Crippen molar-refractivity contribution in [3.05, 3.63) is 35.9 Å². The summed E-state index contributed by atoms with van der Waals surface area (Å²) in [4.78, 5) is 23.6. The van der Waals surface area contributed by atoms with Crippen LogP contribution in [0.15, 0.2) is 30.3 Å². The third-order valence-corrected chi connectivity index (χ3v) is 4.83. The normalized spacial score (nSPS) is 38.8. The van der Waals surface area contributed by atoms with Gasteiger partial charge in [-0.25, -0.2) is 0 Å². The molecule has 1 aromatic carbocycles. The second-order valence-electron chi connectivity index (χ2n) is 6.51. The molecule has 3 heterocycles. The van der Waals surface area contributed by atoms with E-state index < -0.39 is 48.4 Å².